The molecule has 1 amide bonds. The molecule has 1 aromatic rings. The van der Waals surface area contributed by atoms with Crippen molar-refractivity contribution in [2.24, 2.45) is 0 Å². The summed E-state index contributed by atoms with van der Waals surface area (Å²) in [4.78, 5) is 11.8. The molecule has 1 aliphatic rings. The van der Waals surface area contributed by atoms with E-state index in [-0.39, 0.29) is 12.1 Å². The Morgan fingerprint density at radius 3 is 2.52 bits per heavy atom. The smallest absolute Gasteiger partial charge is 0.407 e. The lowest BCUT2D eigenvalue weighted by atomic mass is 10.1. The molecule has 0 bridgehead atoms. The van der Waals surface area contributed by atoms with Gasteiger partial charge in [-0.1, -0.05) is 12.1 Å². The van der Waals surface area contributed by atoms with Gasteiger partial charge in [-0.2, -0.15) is 5.26 Å². The quantitative estimate of drug-likeness (QED) is 0.890. The summed E-state index contributed by atoms with van der Waals surface area (Å²) in [5.74, 6) is 0. The molecule has 2 atom stereocenters. The molecule has 0 saturated heterocycles. The minimum Gasteiger partial charge on any atom is -0.444 e. The van der Waals surface area contributed by atoms with E-state index in [1.54, 1.807) is 0 Å². The molecular weight excluding hydrogens is 290 g/mol. The zero-order chi connectivity index (χ0) is 16.9. The van der Waals surface area contributed by atoms with E-state index in [4.69, 9.17) is 10.00 Å². The zero-order valence-corrected chi connectivity index (χ0v) is 14.1. The van der Waals surface area contributed by atoms with Crippen LogP contribution < -0.4 is 10.6 Å². The van der Waals surface area contributed by atoms with Crippen LogP contribution in [0.1, 0.15) is 45.6 Å². The fourth-order valence-electron chi connectivity index (χ4n) is 2.76. The number of hydrogen-bond donors (Lipinski definition) is 2. The van der Waals surface area contributed by atoms with E-state index in [0.29, 0.717) is 12.5 Å². The minimum absolute atomic E-state index is 0.153. The van der Waals surface area contributed by atoms with E-state index in [2.05, 4.69) is 16.7 Å². The molecule has 2 rings (SSSR count). The third kappa shape index (κ3) is 5.82. The molecule has 2 N–H and O–H groups in total. The summed E-state index contributed by atoms with van der Waals surface area (Å²) >= 11 is 0. The largest absolute Gasteiger partial charge is 0.444 e. The van der Waals surface area contributed by atoms with Gasteiger partial charge >= 0.3 is 6.09 Å². The molecule has 1 aromatic carbocycles. The average Bonchev–Trinajstić information content (AvgIpc) is 2.86. The fourth-order valence-corrected chi connectivity index (χ4v) is 2.76. The van der Waals surface area contributed by atoms with E-state index in [1.165, 1.54) is 0 Å². The molecule has 1 fully saturated rings. The lowest BCUT2D eigenvalue weighted by molar-refractivity contribution is 0.0505. The predicted molar refractivity (Wildman–Crippen MR) is 90.2 cm³/mol. The second kappa shape index (κ2) is 7.36. The SMILES string of the molecule is CC(C)(C)OC(=O)NC1CCC(Nc2ccc(CC#N)cc2)C1. The summed E-state index contributed by atoms with van der Waals surface area (Å²) in [6, 6.07) is 10.6. The maximum Gasteiger partial charge on any atom is 0.407 e. The molecule has 5 nitrogen and oxygen atoms in total. The Labute approximate surface area is 138 Å². The highest BCUT2D eigenvalue weighted by atomic mass is 16.6. The van der Waals surface area contributed by atoms with Crippen molar-refractivity contribution < 1.29 is 9.53 Å². The van der Waals surface area contributed by atoms with Crippen molar-refractivity contribution >= 4 is 11.8 Å². The molecule has 0 spiro atoms. The van der Waals surface area contributed by atoms with Crippen LogP contribution in [0.4, 0.5) is 10.5 Å². The second-order valence-corrected chi connectivity index (χ2v) is 7.03. The molecule has 0 radical (unpaired) electrons. The molecular formula is C18H25N3O2. The summed E-state index contributed by atoms with van der Waals surface area (Å²) < 4.78 is 5.29. The summed E-state index contributed by atoms with van der Waals surface area (Å²) in [7, 11) is 0. The summed E-state index contributed by atoms with van der Waals surface area (Å²) in [6.07, 6.45) is 2.94. The third-order valence-electron chi connectivity index (χ3n) is 3.76. The number of amides is 1. The number of alkyl carbamates (subject to hydrolysis) is 1. The molecule has 0 aliphatic heterocycles. The van der Waals surface area contributed by atoms with Gasteiger partial charge in [-0.25, -0.2) is 4.79 Å². The Kier molecular flexibility index (Phi) is 5.49. The Bertz CT molecular complexity index is 569. The monoisotopic (exact) mass is 315 g/mol. The third-order valence-corrected chi connectivity index (χ3v) is 3.76. The summed E-state index contributed by atoms with van der Waals surface area (Å²) in [5, 5.41) is 15.1. The number of carbonyl (C=O) groups excluding carboxylic acids is 1. The molecule has 5 heteroatoms. The fraction of sp³-hybridized carbons (Fsp3) is 0.556. The topological polar surface area (TPSA) is 74.2 Å². The van der Waals surface area contributed by atoms with Crippen LogP contribution in [0, 0.1) is 11.3 Å². The highest BCUT2D eigenvalue weighted by Crippen LogP contribution is 2.24. The van der Waals surface area contributed by atoms with Crippen molar-refractivity contribution in [1.82, 2.24) is 5.32 Å². The van der Waals surface area contributed by atoms with E-state index in [0.717, 1.165) is 30.5 Å². The van der Waals surface area contributed by atoms with Crippen molar-refractivity contribution in [2.45, 2.75) is 64.1 Å². The van der Waals surface area contributed by atoms with Crippen LogP contribution in [0.25, 0.3) is 0 Å². The molecule has 0 aromatic heterocycles. The number of rotatable bonds is 4. The minimum atomic E-state index is -0.467. The van der Waals surface area contributed by atoms with Gasteiger partial charge < -0.3 is 15.4 Å². The Morgan fingerprint density at radius 2 is 1.91 bits per heavy atom. The Hall–Kier alpha value is -2.22. The summed E-state index contributed by atoms with van der Waals surface area (Å²) in [5.41, 5.74) is 1.61. The van der Waals surface area contributed by atoms with Gasteiger partial charge in [0.1, 0.15) is 5.60 Å². The van der Waals surface area contributed by atoms with Gasteiger partial charge in [0.05, 0.1) is 12.5 Å². The highest BCUT2D eigenvalue weighted by Gasteiger charge is 2.27. The Balaban J connectivity index is 1.79. The van der Waals surface area contributed by atoms with Crippen LogP contribution in [-0.2, 0) is 11.2 Å². The molecule has 23 heavy (non-hydrogen) atoms. The van der Waals surface area contributed by atoms with Crippen LogP contribution in [-0.4, -0.2) is 23.8 Å². The number of hydrogen-bond acceptors (Lipinski definition) is 4. The van der Waals surface area contributed by atoms with Crippen molar-refractivity contribution in [3.8, 4) is 6.07 Å². The number of ether oxygens (including phenoxy) is 1. The van der Waals surface area contributed by atoms with Crippen molar-refractivity contribution in [2.75, 3.05) is 5.32 Å². The number of nitriles is 1. The maximum absolute atomic E-state index is 11.8. The number of nitrogens with one attached hydrogen (secondary N) is 2. The normalized spacial score (nSPS) is 20.6. The van der Waals surface area contributed by atoms with Gasteiger partial charge in [-0.15, -0.1) is 0 Å². The van der Waals surface area contributed by atoms with Crippen LogP contribution in [0.5, 0.6) is 0 Å². The van der Waals surface area contributed by atoms with E-state index < -0.39 is 5.60 Å². The predicted octanol–water partition coefficient (Wildman–Crippen LogP) is 3.61. The second-order valence-electron chi connectivity index (χ2n) is 7.03. The number of carbonyl (C=O) groups is 1. The first-order chi connectivity index (χ1) is 10.9. The van der Waals surface area contributed by atoms with Crippen LogP contribution in [0.3, 0.4) is 0 Å². The first-order valence-electron chi connectivity index (χ1n) is 8.07. The first kappa shape index (κ1) is 17.1. The van der Waals surface area contributed by atoms with Gasteiger partial charge in [-0.05, 0) is 57.7 Å². The van der Waals surface area contributed by atoms with Crippen LogP contribution in [0.2, 0.25) is 0 Å². The molecule has 0 heterocycles. The van der Waals surface area contributed by atoms with E-state index in [9.17, 15) is 4.79 Å². The van der Waals surface area contributed by atoms with Gasteiger partial charge in [0.25, 0.3) is 0 Å². The van der Waals surface area contributed by atoms with Gasteiger partial charge in [-0.3, -0.25) is 0 Å². The molecule has 124 valence electrons. The van der Waals surface area contributed by atoms with Crippen molar-refractivity contribution in [1.29, 1.82) is 5.26 Å². The average molecular weight is 315 g/mol. The molecule has 1 aliphatic carbocycles. The lowest BCUT2D eigenvalue weighted by Crippen LogP contribution is -2.38. The lowest BCUT2D eigenvalue weighted by Gasteiger charge is -2.22. The standard InChI is InChI=1S/C18H25N3O2/c1-18(2,3)23-17(22)21-16-9-8-15(12-16)20-14-6-4-13(5-7-14)10-11-19/h4-7,15-16,20H,8-10,12H2,1-3H3,(H,21,22). The molecule has 2 unspecified atom stereocenters. The van der Waals surface area contributed by atoms with Crippen molar-refractivity contribution in [3.63, 3.8) is 0 Å². The van der Waals surface area contributed by atoms with Gasteiger partial charge in [0, 0.05) is 17.8 Å². The van der Waals surface area contributed by atoms with Crippen LogP contribution >= 0.6 is 0 Å². The van der Waals surface area contributed by atoms with Gasteiger partial charge in [0.2, 0.25) is 0 Å². The number of benzene rings is 1. The summed E-state index contributed by atoms with van der Waals surface area (Å²) in [6.45, 7) is 5.59. The highest BCUT2D eigenvalue weighted by molar-refractivity contribution is 5.68. The Morgan fingerprint density at radius 1 is 1.26 bits per heavy atom. The van der Waals surface area contributed by atoms with Crippen LogP contribution in [0.15, 0.2) is 24.3 Å². The number of nitrogens with zero attached hydrogens (tertiary/aromatic N) is 1. The zero-order valence-electron chi connectivity index (χ0n) is 14.1. The molecule has 1 saturated carbocycles. The van der Waals surface area contributed by atoms with E-state index in [1.807, 2.05) is 45.0 Å². The maximum atomic E-state index is 11.8. The van der Waals surface area contributed by atoms with E-state index >= 15 is 0 Å². The van der Waals surface area contributed by atoms with Gasteiger partial charge in [0.15, 0.2) is 0 Å². The van der Waals surface area contributed by atoms with Crippen molar-refractivity contribution in [3.05, 3.63) is 29.8 Å². The number of anilines is 1. The first-order valence-corrected chi connectivity index (χ1v) is 8.07.